The van der Waals surface area contributed by atoms with Crippen molar-refractivity contribution in [2.45, 2.75) is 4.34 Å². The molecule has 1 aliphatic rings. The van der Waals surface area contributed by atoms with Crippen LogP contribution in [0.5, 0.6) is 11.5 Å². The van der Waals surface area contributed by atoms with Crippen LogP contribution in [-0.2, 0) is 9.59 Å². The summed E-state index contributed by atoms with van der Waals surface area (Å²) >= 11 is 2.71. The number of carbonyl (C=O) groups excluding carboxylic acids is 2. The lowest BCUT2D eigenvalue weighted by Crippen LogP contribution is -2.48. The molecule has 1 saturated heterocycles. The van der Waals surface area contributed by atoms with Gasteiger partial charge in [0.1, 0.15) is 0 Å². The van der Waals surface area contributed by atoms with Crippen molar-refractivity contribution in [2.75, 3.05) is 51.1 Å². The van der Waals surface area contributed by atoms with Crippen LogP contribution in [0, 0.1) is 0 Å². The smallest absolute Gasteiger partial charge is 0.246 e. The third kappa shape index (κ3) is 5.63. The summed E-state index contributed by atoms with van der Waals surface area (Å²) in [6, 6.07) is 5.50. The predicted octanol–water partition coefficient (Wildman–Crippen LogP) is 1.49. The van der Waals surface area contributed by atoms with Crippen LogP contribution < -0.4 is 20.1 Å². The fourth-order valence-corrected chi connectivity index (χ4v) is 4.50. The molecular weight excluding hydrogens is 426 g/mol. The van der Waals surface area contributed by atoms with Gasteiger partial charge in [-0.05, 0) is 23.8 Å². The van der Waals surface area contributed by atoms with Gasteiger partial charge in [-0.25, -0.2) is 0 Å². The van der Waals surface area contributed by atoms with Crippen LogP contribution in [0.1, 0.15) is 5.56 Å². The monoisotopic (exact) mass is 449 g/mol. The summed E-state index contributed by atoms with van der Waals surface area (Å²) in [7, 11) is 3.16. The number of rotatable bonds is 8. The first kappa shape index (κ1) is 21.9. The number of amides is 2. The molecule has 0 spiro atoms. The minimum absolute atomic E-state index is 0.0422. The minimum Gasteiger partial charge on any atom is -0.493 e. The number of hydrogen-bond donors (Lipinski definition) is 1. The van der Waals surface area contributed by atoms with Crippen molar-refractivity contribution in [3.05, 3.63) is 29.8 Å². The van der Waals surface area contributed by atoms with E-state index in [1.807, 2.05) is 12.1 Å². The van der Waals surface area contributed by atoms with E-state index in [1.54, 1.807) is 37.3 Å². The van der Waals surface area contributed by atoms with Crippen molar-refractivity contribution < 1.29 is 19.1 Å². The van der Waals surface area contributed by atoms with Gasteiger partial charge in [-0.2, -0.15) is 0 Å². The van der Waals surface area contributed by atoms with Gasteiger partial charge in [0.15, 0.2) is 15.8 Å². The van der Waals surface area contributed by atoms with E-state index in [4.69, 9.17) is 15.2 Å². The van der Waals surface area contributed by atoms with Gasteiger partial charge >= 0.3 is 0 Å². The molecule has 0 radical (unpaired) electrons. The number of hydrogen-bond acceptors (Lipinski definition) is 9. The van der Waals surface area contributed by atoms with Crippen molar-refractivity contribution in [1.82, 2.24) is 15.1 Å². The quantitative estimate of drug-likeness (QED) is 0.477. The van der Waals surface area contributed by atoms with Crippen LogP contribution in [0.15, 0.2) is 28.6 Å². The number of thioether (sulfide) groups is 1. The Bertz CT molecular complexity index is 925. The fraction of sp³-hybridized carbons (Fsp3) is 0.368. The van der Waals surface area contributed by atoms with Crippen LogP contribution in [0.25, 0.3) is 6.08 Å². The minimum atomic E-state index is -0.384. The number of carbonyl (C=O) groups is 2. The van der Waals surface area contributed by atoms with Gasteiger partial charge in [0.05, 0.1) is 20.0 Å². The molecule has 11 heteroatoms. The third-order valence-electron chi connectivity index (χ3n) is 4.42. The summed E-state index contributed by atoms with van der Waals surface area (Å²) in [4.78, 5) is 27.3. The molecule has 0 bridgehead atoms. The maximum atomic E-state index is 12.5. The van der Waals surface area contributed by atoms with Gasteiger partial charge in [0, 0.05) is 32.3 Å². The highest BCUT2D eigenvalue weighted by molar-refractivity contribution is 8.01. The van der Waals surface area contributed by atoms with Gasteiger partial charge in [0.2, 0.25) is 16.9 Å². The third-order valence-corrected chi connectivity index (χ3v) is 6.56. The molecule has 2 heterocycles. The Kier molecular flexibility index (Phi) is 7.52. The number of anilines is 1. The molecule has 2 aromatic rings. The zero-order chi connectivity index (χ0) is 21.5. The predicted molar refractivity (Wildman–Crippen MR) is 117 cm³/mol. The summed E-state index contributed by atoms with van der Waals surface area (Å²) in [6.45, 7) is 2.53. The Morgan fingerprint density at radius 1 is 1.17 bits per heavy atom. The van der Waals surface area contributed by atoms with Crippen molar-refractivity contribution in [2.24, 2.45) is 5.73 Å². The second-order valence-electron chi connectivity index (χ2n) is 6.37. The summed E-state index contributed by atoms with van der Waals surface area (Å²) in [6.07, 6.45) is 3.34. The summed E-state index contributed by atoms with van der Waals surface area (Å²) in [5, 5.41) is 9.04. The Morgan fingerprint density at radius 2 is 1.90 bits per heavy atom. The molecule has 160 valence electrons. The van der Waals surface area contributed by atoms with Crippen LogP contribution in [-0.4, -0.2) is 73.1 Å². The van der Waals surface area contributed by atoms with Crippen molar-refractivity contribution in [1.29, 1.82) is 0 Å². The first-order valence-electron chi connectivity index (χ1n) is 9.18. The van der Waals surface area contributed by atoms with Gasteiger partial charge in [-0.3, -0.25) is 9.59 Å². The molecule has 0 saturated carbocycles. The highest BCUT2D eigenvalue weighted by Crippen LogP contribution is 2.29. The lowest BCUT2D eigenvalue weighted by Gasteiger charge is -2.33. The first-order chi connectivity index (χ1) is 14.5. The standard InChI is InChI=1S/C19H23N5O4S2/c1-27-14-5-3-13(11-15(14)28-2)4-6-17(26)23-7-9-24(10-8-23)18-21-22-19(30-18)29-12-16(20)25/h3-6,11H,7-10,12H2,1-2H3,(H2,20,25)/b6-4+. The summed E-state index contributed by atoms with van der Waals surface area (Å²) < 4.78 is 11.2. The molecule has 0 atom stereocenters. The van der Waals surface area contributed by atoms with Crippen molar-refractivity contribution >= 4 is 46.1 Å². The van der Waals surface area contributed by atoms with E-state index in [0.717, 1.165) is 10.7 Å². The zero-order valence-electron chi connectivity index (χ0n) is 16.7. The molecule has 9 nitrogen and oxygen atoms in total. The second kappa shape index (κ2) is 10.3. The number of nitrogens with two attached hydrogens (primary N) is 1. The topological polar surface area (TPSA) is 111 Å². The van der Waals surface area contributed by atoms with E-state index in [-0.39, 0.29) is 17.6 Å². The van der Waals surface area contributed by atoms with Crippen LogP contribution in [0.2, 0.25) is 0 Å². The summed E-state index contributed by atoms with van der Waals surface area (Å²) in [5.74, 6) is 1.02. The number of ether oxygens (including phenoxy) is 2. The van der Waals surface area contributed by atoms with Gasteiger partial charge in [0.25, 0.3) is 0 Å². The van der Waals surface area contributed by atoms with Gasteiger partial charge in [-0.1, -0.05) is 29.2 Å². The molecule has 1 aromatic heterocycles. The van der Waals surface area contributed by atoms with E-state index in [0.29, 0.717) is 42.0 Å². The Hall–Kier alpha value is -2.79. The van der Waals surface area contributed by atoms with Crippen LogP contribution in [0.4, 0.5) is 5.13 Å². The maximum absolute atomic E-state index is 12.5. The number of primary amides is 1. The average Bonchev–Trinajstić information content (AvgIpc) is 3.25. The molecule has 2 N–H and O–H groups in total. The van der Waals surface area contributed by atoms with E-state index < -0.39 is 0 Å². The molecule has 1 fully saturated rings. The van der Waals surface area contributed by atoms with Crippen molar-refractivity contribution in [3.8, 4) is 11.5 Å². The van der Waals surface area contributed by atoms with Crippen LogP contribution >= 0.6 is 23.1 Å². The average molecular weight is 450 g/mol. The molecule has 1 aromatic carbocycles. The number of aromatic nitrogens is 2. The fourth-order valence-electron chi connectivity index (χ4n) is 2.87. The molecule has 3 rings (SSSR count). The normalized spacial score (nSPS) is 14.2. The molecule has 1 aliphatic heterocycles. The van der Waals surface area contributed by atoms with Gasteiger partial charge in [-0.15, -0.1) is 10.2 Å². The SMILES string of the molecule is COc1ccc(/C=C/C(=O)N2CCN(c3nnc(SCC(N)=O)s3)CC2)cc1OC. The van der Waals surface area contributed by atoms with Crippen molar-refractivity contribution in [3.63, 3.8) is 0 Å². The van der Waals surface area contributed by atoms with E-state index in [2.05, 4.69) is 15.1 Å². The largest absolute Gasteiger partial charge is 0.493 e. The van der Waals surface area contributed by atoms with E-state index in [9.17, 15) is 9.59 Å². The first-order valence-corrected chi connectivity index (χ1v) is 11.0. The Morgan fingerprint density at radius 3 is 2.57 bits per heavy atom. The molecule has 30 heavy (non-hydrogen) atoms. The number of methoxy groups -OCH3 is 2. The lowest BCUT2D eigenvalue weighted by molar-refractivity contribution is -0.126. The number of piperazine rings is 1. The Labute approximate surface area is 182 Å². The number of nitrogens with zero attached hydrogens (tertiary/aromatic N) is 4. The Balaban J connectivity index is 1.53. The lowest BCUT2D eigenvalue weighted by atomic mass is 10.2. The second-order valence-corrected chi connectivity index (χ2v) is 8.54. The van der Waals surface area contributed by atoms with E-state index in [1.165, 1.54) is 23.1 Å². The molecule has 0 aliphatic carbocycles. The zero-order valence-corrected chi connectivity index (χ0v) is 18.4. The van der Waals surface area contributed by atoms with E-state index >= 15 is 0 Å². The highest BCUT2D eigenvalue weighted by Gasteiger charge is 2.22. The summed E-state index contributed by atoms with van der Waals surface area (Å²) in [5.41, 5.74) is 6.01. The molecule has 2 amide bonds. The molecule has 0 unspecified atom stereocenters. The highest BCUT2D eigenvalue weighted by atomic mass is 32.2. The number of benzene rings is 1. The molecular formula is C19H23N5O4S2. The maximum Gasteiger partial charge on any atom is 0.246 e. The van der Waals surface area contributed by atoms with Crippen LogP contribution in [0.3, 0.4) is 0 Å². The van der Waals surface area contributed by atoms with Gasteiger partial charge < -0.3 is 25.0 Å².